The highest BCUT2D eigenvalue weighted by Crippen LogP contribution is 2.16. The predicted octanol–water partition coefficient (Wildman–Crippen LogP) is 4.14. The monoisotopic (exact) mass is 437 g/mol. The molecule has 3 nitrogen and oxygen atoms in total. The number of nitrogens with one attached hydrogen (secondary N) is 1. The number of halogens is 2. The Morgan fingerprint density at radius 1 is 1.00 bits per heavy atom. The predicted molar refractivity (Wildman–Crippen MR) is 99.0 cm³/mol. The van der Waals surface area contributed by atoms with Crippen LogP contribution in [0.3, 0.4) is 0 Å². The van der Waals surface area contributed by atoms with E-state index in [1.165, 1.54) is 5.56 Å². The Morgan fingerprint density at radius 2 is 1.65 bits per heavy atom. The summed E-state index contributed by atoms with van der Waals surface area (Å²) in [6.45, 7) is 0.565. The highest BCUT2D eigenvalue weighted by Gasteiger charge is 2.20. The lowest BCUT2D eigenvalue weighted by molar-refractivity contribution is -0.120. The Kier molecular flexibility index (Phi) is 6.99. The smallest absolute Gasteiger partial charge is 0.221 e. The van der Waals surface area contributed by atoms with E-state index in [4.69, 9.17) is 0 Å². The van der Waals surface area contributed by atoms with Crippen LogP contribution in [0.4, 0.5) is 0 Å². The maximum Gasteiger partial charge on any atom is 0.221 e. The van der Waals surface area contributed by atoms with E-state index in [0.717, 1.165) is 10.9 Å². The molecule has 5 heteroatoms. The first kappa shape index (κ1) is 17.9. The number of amides is 1. The Hall–Kier alpha value is -1.46. The van der Waals surface area contributed by atoms with Crippen molar-refractivity contribution in [3.63, 3.8) is 0 Å². The molecule has 2 aromatic rings. The van der Waals surface area contributed by atoms with Crippen molar-refractivity contribution in [2.24, 2.45) is 0 Å². The molecule has 0 aromatic heterocycles. The van der Waals surface area contributed by atoms with Crippen molar-refractivity contribution in [1.82, 2.24) is 5.32 Å². The van der Waals surface area contributed by atoms with Gasteiger partial charge in [-0.3, -0.25) is 9.59 Å². The molecule has 0 heterocycles. The minimum absolute atomic E-state index is 0.0873. The molecule has 0 radical (unpaired) electrons. The first-order chi connectivity index (χ1) is 11.1. The van der Waals surface area contributed by atoms with Crippen LogP contribution in [0.5, 0.6) is 0 Å². The average molecular weight is 439 g/mol. The van der Waals surface area contributed by atoms with Crippen LogP contribution in [0.25, 0.3) is 0 Å². The minimum atomic E-state index is -0.514. The quantitative estimate of drug-likeness (QED) is 0.521. The van der Waals surface area contributed by atoms with Gasteiger partial charge in [-0.1, -0.05) is 74.3 Å². The van der Waals surface area contributed by atoms with Crippen LogP contribution in [-0.4, -0.2) is 23.1 Å². The average Bonchev–Trinajstić information content (AvgIpc) is 2.56. The molecule has 2 aromatic carbocycles. The van der Waals surface area contributed by atoms with Gasteiger partial charge in [-0.25, -0.2) is 0 Å². The van der Waals surface area contributed by atoms with Gasteiger partial charge in [-0.05, 0) is 24.1 Å². The molecule has 1 N–H and O–H groups in total. The van der Waals surface area contributed by atoms with Gasteiger partial charge in [-0.15, -0.1) is 0 Å². The Balaban J connectivity index is 1.77. The molecule has 0 aliphatic carbocycles. The highest BCUT2D eigenvalue weighted by atomic mass is 79.9. The lowest BCUT2D eigenvalue weighted by Crippen LogP contribution is -2.30. The maximum absolute atomic E-state index is 12.2. The standard InChI is InChI=1S/C18H17Br2NO2/c19-15-8-6-14(7-9-15)18(23)16(20)12-17(22)21-11-10-13-4-2-1-3-5-13/h1-9,16H,10-12H2,(H,21,22). The zero-order valence-electron chi connectivity index (χ0n) is 12.5. The van der Waals surface area contributed by atoms with Crippen molar-refractivity contribution >= 4 is 43.6 Å². The van der Waals surface area contributed by atoms with E-state index in [-0.39, 0.29) is 18.1 Å². The molecular weight excluding hydrogens is 422 g/mol. The van der Waals surface area contributed by atoms with Gasteiger partial charge in [0.25, 0.3) is 0 Å². The summed E-state index contributed by atoms with van der Waals surface area (Å²) in [4.78, 5) is 23.7. The van der Waals surface area contributed by atoms with E-state index in [1.807, 2.05) is 42.5 Å². The van der Waals surface area contributed by atoms with E-state index in [0.29, 0.717) is 12.1 Å². The number of carbonyl (C=O) groups excluding carboxylic acids is 2. The number of carbonyl (C=O) groups is 2. The Bertz CT molecular complexity index is 656. The van der Waals surface area contributed by atoms with Gasteiger partial charge >= 0.3 is 0 Å². The van der Waals surface area contributed by atoms with E-state index in [1.54, 1.807) is 12.1 Å². The van der Waals surface area contributed by atoms with Crippen LogP contribution in [-0.2, 0) is 11.2 Å². The van der Waals surface area contributed by atoms with E-state index in [2.05, 4.69) is 37.2 Å². The molecule has 0 aliphatic heterocycles. The second-order valence-electron chi connectivity index (χ2n) is 5.13. The highest BCUT2D eigenvalue weighted by molar-refractivity contribution is 9.10. The third-order valence-electron chi connectivity index (χ3n) is 3.36. The van der Waals surface area contributed by atoms with E-state index < -0.39 is 4.83 Å². The SMILES string of the molecule is O=C(CC(Br)C(=O)c1ccc(Br)cc1)NCCc1ccccc1. The summed E-state index contributed by atoms with van der Waals surface area (Å²) in [6, 6.07) is 17.1. The van der Waals surface area contributed by atoms with Crippen molar-refractivity contribution in [3.05, 3.63) is 70.2 Å². The zero-order valence-corrected chi connectivity index (χ0v) is 15.6. The molecule has 1 amide bonds. The normalized spacial score (nSPS) is 11.7. The first-order valence-electron chi connectivity index (χ1n) is 7.31. The summed E-state index contributed by atoms with van der Waals surface area (Å²) in [5.74, 6) is -0.219. The number of hydrogen-bond acceptors (Lipinski definition) is 2. The third kappa shape index (κ3) is 5.92. The van der Waals surface area contributed by atoms with Crippen LogP contribution in [0.1, 0.15) is 22.3 Å². The van der Waals surface area contributed by atoms with E-state index in [9.17, 15) is 9.59 Å². The summed E-state index contributed by atoms with van der Waals surface area (Å²) in [6.07, 6.45) is 0.907. The second-order valence-corrected chi connectivity index (χ2v) is 7.15. The number of Topliss-reactive ketones (excluding diaryl/α,β-unsaturated/α-hetero) is 1. The number of rotatable bonds is 7. The summed E-state index contributed by atoms with van der Waals surface area (Å²) in [5, 5.41) is 2.85. The lowest BCUT2D eigenvalue weighted by Gasteiger charge is -2.10. The van der Waals surface area contributed by atoms with Gasteiger partial charge in [0, 0.05) is 23.0 Å². The van der Waals surface area contributed by atoms with Crippen LogP contribution in [0, 0.1) is 0 Å². The van der Waals surface area contributed by atoms with Crippen molar-refractivity contribution < 1.29 is 9.59 Å². The molecule has 0 aliphatic rings. The molecule has 0 spiro atoms. The van der Waals surface area contributed by atoms with Crippen LogP contribution in [0.15, 0.2) is 59.1 Å². The van der Waals surface area contributed by atoms with Crippen molar-refractivity contribution in [2.45, 2.75) is 17.7 Å². The van der Waals surface area contributed by atoms with Gasteiger partial charge in [0.15, 0.2) is 5.78 Å². The number of hydrogen-bond donors (Lipinski definition) is 1. The summed E-state index contributed by atoms with van der Waals surface area (Å²) in [5.41, 5.74) is 1.77. The van der Waals surface area contributed by atoms with Crippen molar-refractivity contribution in [2.75, 3.05) is 6.54 Å². The van der Waals surface area contributed by atoms with Gasteiger partial charge in [0.1, 0.15) is 0 Å². The fourth-order valence-corrected chi connectivity index (χ4v) is 2.94. The molecule has 120 valence electrons. The zero-order chi connectivity index (χ0) is 16.7. The molecule has 23 heavy (non-hydrogen) atoms. The van der Waals surface area contributed by atoms with Crippen LogP contribution >= 0.6 is 31.9 Å². The Labute approximate surface area is 152 Å². The summed E-state index contributed by atoms with van der Waals surface area (Å²) < 4.78 is 0.916. The maximum atomic E-state index is 12.2. The van der Waals surface area contributed by atoms with E-state index >= 15 is 0 Å². The molecule has 2 rings (SSSR count). The van der Waals surface area contributed by atoms with Crippen LogP contribution < -0.4 is 5.32 Å². The number of alkyl halides is 1. The summed E-state index contributed by atoms with van der Waals surface area (Å²) in [7, 11) is 0. The van der Waals surface area contributed by atoms with Crippen molar-refractivity contribution in [3.8, 4) is 0 Å². The van der Waals surface area contributed by atoms with Crippen LogP contribution in [0.2, 0.25) is 0 Å². The van der Waals surface area contributed by atoms with Crippen molar-refractivity contribution in [1.29, 1.82) is 0 Å². The third-order valence-corrected chi connectivity index (χ3v) is 4.62. The summed E-state index contributed by atoms with van der Waals surface area (Å²) >= 11 is 6.65. The molecule has 0 fully saturated rings. The molecule has 0 saturated carbocycles. The molecule has 0 saturated heterocycles. The topological polar surface area (TPSA) is 46.2 Å². The molecule has 1 atom stereocenters. The Morgan fingerprint density at radius 3 is 2.30 bits per heavy atom. The van der Waals surface area contributed by atoms with Gasteiger partial charge < -0.3 is 5.32 Å². The number of benzene rings is 2. The molecule has 1 unspecified atom stereocenters. The molecular formula is C18H17Br2NO2. The number of ketones is 1. The minimum Gasteiger partial charge on any atom is -0.356 e. The fraction of sp³-hybridized carbons (Fsp3) is 0.222. The lowest BCUT2D eigenvalue weighted by atomic mass is 10.1. The fourth-order valence-electron chi connectivity index (χ4n) is 2.11. The largest absolute Gasteiger partial charge is 0.356 e. The molecule has 0 bridgehead atoms. The van der Waals surface area contributed by atoms with Gasteiger partial charge in [-0.2, -0.15) is 0 Å². The van der Waals surface area contributed by atoms with Gasteiger partial charge in [0.05, 0.1) is 4.83 Å². The second kappa shape index (κ2) is 8.99. The first-order valence-corrected chi connectivity index (χ1v) is 9.01. The van der Waals surface area contributed by atoms with Gasteiger partial charge in [0.2, 0.25) is 5.91 Å².